The van der Waals surface area contributed by atoms with Gasteiger partial charge in [-0.1, -0.05) is 37.6 Å². The molecule has 0 aliphatic heterocycles. The van der Waals surface area contributed by atoms with E-state index in [1.54, 1.807) is 0 Å². The van der Waals surface area contributed by atoms with Gasteiger partial charge in [-0.15, -0.1) is 0 Å². The van der Waals surface area contributed by atoms with Crippen molar-refractivity contribution in [1.29, 1.82) is 0 Å². The molecule has 1 aliphatic carbocycles. The summed E-state index contributed by atoms with van der Waals surface area (Å²) in [6, 6.07) is 8.13. The van der Waals surface area contributed by atoms with Crippen LogP contribution >= 0.6 is 0 Å². The smallest absolute Gasteiger partial charge is 0.0449 e. The lowest BCUT2D eigenvalue weighted by atomic mass is 9.98. The van der Waals surface area contributed by atoms with Crippen molar-refractivity contribution in [3.63, 3.8) is 0 Å². The maximum absolute atomic E-state index is 3.54. The van der Waals surface area contributed by atoms with Gasteiger partial charge >= 0.3 is 0 Å². The van der Waals surface area contributed by atoms with Crippen LogP contribution in [0.3, 0.4) is 0 Å². The Morgan fingerprint density at radius 2 is 1.95 bits per heavy atom. The molecule has 0 amide bonds. The summed E-state index contributed by atoms with van der Waals surface area (Å²) >= 11 is 0. The number of aryl methyl sites for hydroxylation is 2. The Balaban J connectivity index is 2.05. The van der Waals surface area contributed by atoms with Crippen molar-refractivity contribution >= 4 is 0 Å². The Morgan fingerprint density at radius 3 is 2.48 bits per heavy atom. The van der Waals surface area contributed by atoms with Crippen molar-refractivity contribution in [2.24, 2.45) is 5.92 Å². The highest BCUT2D eigenvalue weighted by molar-refractivity contribution is 5.33. The Bertz CT molecular complexity index is 449. The van der Waals surface area contributed by atoms with E-state index in [9.17, 15) is 0 Å². The molecule has 2 nitrogen and oxygen atoms in total. The zero-order chi connectivity index (χ0) is 15.4. The summed E-state index contributed by atoms with van der Waals surface area (Å²) in [5.41, 5.74) is 4.22. The number of hydrogen-bond acceptors (Lipinski definition) is 2. The van der Waals surface area contributed by atoms with E-state index in [1.165, 1.54) is 42.5 Å². The number of hydrogen-bond donors (Lipinski definition) is 1. The van der Waals surface area contributed by atoms with E-state index < -0.39 is 0 Å². The van der Waals surface area contributed by atoms with Gasteiger partial charge in [-0.05, 0) is 63.7 Å². The third-order valence-corrected chi connectivity index (χ3v) is 4.62. The Morgan fingerprint density at radius 1 is 1.24 bits per heavy atom. The van der Waals surface area contributed by atoms with Gasteiger partial charge in [0, 0.05) is 18.6 Å². The molecule has 0 spiro atoms. The van der Waals surface area contributed by atoms with Crippen LogP contribution in [0.15, 0.2) is 18.2 Å². The molecule has 1 aromatic rings. The van der Waals surface area contributed by atoms with Gasteiger partial charge in [0.1, 0.15) is 0 Å². The molecular formula is C19H32N2. The Hall–Kier alpha value is -0.860. The predicted molar refractivity (Wildman–Crippen MR) is 91.8 cm³/mol. The van der Waals surface area contributed by atoms with Gasteiger partial charge in [0.25, 0.3) is 0 Å². The molecule has 1 N–H and O–H groups in total. The largest absolute Gasteiger partial charge is 0.312 e. The molecular weight excluding hydrogens is 256 g/mol. The average molecular weight is 288 g/mol. The number of likely N-dealkylation sites (N-methyl/N-ethyl adjacent to an activating group) is 1. The first kappa shape index (κ1) is 16.5. The topological polar surface area (TPSA) is 15.3 Å². The van der Waals surface area contributed by atoms with Gasteiger partial charge < -0.3 is 5.32 Å². The van der Waals surface area contributed by atoms with Crippen LogP contribution in [0.25, 0.3) is 0 Å². The summed E-state index contributed by atoms with van der Waals surface area (Å²) in [5.74, 6) is 0.792. The van der Waals surface area contributed by atoms with E-state index >= 15 is 0 Å². The van der Waals surface area contributed by atoms with Gasteiger partial charge in [0.05, 0.1) is 0 Å². The molecule has 1 atom stereocenters. The molecule has 1 saturated carbocycles. The van der Waals surface area contributed by atoms with Crippen LogP contribution < -0.4 is 5.32 Å². The summed E-state index contributed by atoms with van der Waals surface area (Å²) in [5, 5.41) is 3.54. The van der Waals surface area contributed by atoms with E-state index in [0.29, 0.717) is 6.04 Å². The quantitative estimate of drug-likeness (QED) is 0.775. The van der Waals surface area contributed by atoms with Crippen LogP contribution in [0.1, 0.15) is 55.8 Å². The normalized spacial score (nSPS) is 16.7. The van der Waals surface area contributed by atoms with Gasteiger partial charge in [0.15, 0.2) is 0 Å². The van der Waals surface area contributed by atoms with Crippen LogP contribution in [0, 0.1) is 19.8 Å². The van der Waals surface area contributed by atoms with Gasteiger partial charge in [-0.3, -0.25) is 4.90 Å². The molecule has 2 heteroatoms. The summed E-state index contributed by atoms with van der Waals surface area (Å²) in [6.45, 7) is 11.4. The average Bonchev–Trinajstić information content (AvgIpc) is 3.24. The second-order valence-corrected chi connectivity index (χ2v) is 7.11. The van der Waals surface area contributed by atoms with E-state index in [2.05, 4.69) is 63.2 Å². The molecule has 0 heterocycles. The maximum atomic E-state index is 3.54. The van der Waals surface area contributed by atoms with E-state index in [4.69, 9.17) is 0 Å². The minimum absolute atomic E-state index is 0.443. The first-order valence-electron chi connectivity index (χ1n) is 8.49. The van der Waals surface area contributed by atoms with Gasteiger partial charge in [0.2, 0.25) is 0 Å². The lowest BCUT2D eigenvalue weighted by Gasteiger charge is -2.29. The molecule has 21 heavy (non-hydrogen) atoms. The molecule has 1 fully saturated rings. The molecule has 1 aliphatic rings. The van der Waals surface area contributed by atoms with Crippen molar-refractivity contribution in [2.45, 2.75) is 59.0 Å². The standard InChI is InChI=1S/C19H32N2/c1-14(2)10-11-21(17-7-8-17)13-19(20-5)18-9-6-15(3)12-16(18)4/h6,9,12,14,17,19-20H,7-8,10-11,13H2,1-5H3. The van der Waals surface area contributed by atoms with Gasteiger partial charge in [-0.2, -0.15) is 0 Å². The zero-order valence-electron chi connectivity index (χ0n) is 14.4. The minimum Gasteiger partial charge on any atom is -0.312 e. The number of nitrogens with zero attached hydrogens (tertiary/aromatic N) is 1. The summed E-state index contributed by atoms with van der Waals surface area (Å²) in [6.07, 6.45) is 4.09. The van der Waals surface area contributed by atoms with Crippen molar-refractivity contribution in [3.05, 3.63) is 34.9 Å². The lowest BCUT2D eigenvalue weighted by molar-refractivity contribution is 0.224. The molecule has 1 unspecified atom stereocenters. The molecule has 0 radical (unpaired) electrons. The van der Waals surface area contributed by atoms with Crippen LogP contribution in [-0.2, 0) is 0 Å². The van der Waals surface area contributed by atoms with E-state index in [1.807, 2.05) is 0 Å². The highest BCUT2D eigenvalue weighted by atomic mass is 15.2. The first-order chi connectivity index (χ1) is 10.0. The van der Waals surface area contributed by atoms with Gasteiger partial charge in [-0.25, -0.2) is 0 Å². The van der Waals surface area contributed by atoms with Crippen molar-refractivity contribution in [2.75, 3.05) is 20.1 Å². The highest BCUT2D eigenvalue weighted by Crippen LogP contribution is 2.30. The lowest BCUT2D eigenvalue weighted by Crippen LogP contribution is -2.36. The number of benzene rings is 1. The third kappa shape index (κ3) is 4.82. The fourth-order valence-electron chi connectivity index (χ4n) is 3.08. The zero-order valence-corrected chi connectivity index (χ0v) is 14.4. The van der Waals surface area contributed by atoms with Crippen molar-refractivity contribution in [3.8, 4) is 0 Å². The third-order valence-electron chi connectivity index (χ3n) is 4.62. The molecule has 2 rings (SSSR count). The SMILES string of the molecule is CNC(CN(CCC(C)C)C1CC1)c1ccc(C)cc1C. The molecule has 0 aromatic heterocycles. The van der Waals surface area contributed by atoms with Crippen LogP contribution in [-0.4, -0.2) is 31.1 Å². The van der Waals surface area contributed by atoms with E-state index in [0.717, 1.165) is 18.5 Å². The van der Waals surface area contributed by atoms with Crippen LogP contribution in [0.4, 0.5) is 0 Å². The molecule has 0 bridgehead atoms. The first-order valence-corrected chi connectivity index (χ1v) is 8.49. The molecule has 0 saturated heterocycles. The summed E-state index contributed by atoms with van der Waals surface area (Å²) < 4.78 is 0. The maximum Gasteiger partial charge on any atom is 0.0449 e. The molecule has 1 aromatic carbocycles. The van der Waals surface area contributed by atoms with Crippen molar-refractivity contribution < 1.29 is 0 Å². The fraction of sp³-hybridized carbons (Fsp3) is 0.684. The highest BCUT2D eigenvalue weighted by Gasteiger charge is 2.30. The number of nitrogens with one attached hydrogen (secondary N) is 1. The summed E-state index contributed by atoms with van der Waals surface area (Å²) in [7, 11) is 2.09. The minimum atomic E-state index is 0.443. The van der Waals surface area contributed by atoms with Crippen LogP contribution in [0.2, 0.25) is 0 Å². The van der Waals surface area contributed by atoms with E-state index in [-0.39, 0.29) is 0 Å². The monoisotopic (exact) mass is 288 g/mol. The van der Waals surface area contributed by atoms with Crippen LogP contribution in [0.5, 0.6) is 0 Å². The Labute approximate surface area is 130 Å². The Kier molecular flexibility index (Phi) is 5.83. The fourth-order valence-corrected chi connectivity index (χ4v) is 3.08. The number of rotatable bonds is 8. The van der Waals surface area contributed by atoms with Crippen molar-refractivity contribution in [1.82, 2.24) is 10.2 Å². The second-order valence-electron chi connectivity index (χ2n) is 7.11. The second kappa shape index (κ2) is 7.42. The summed E-state index contributed by atoms with van der Waals surface area (Å²) in [4.78, 5) is 2.71. The molecule has 118 valence electrons. The predicted octanol–water partition coefficient (Wildman–Crippen LogP) is 4.07.